The van der Waals surface area contributed by atoms with Crippen LogP contribution in [-0.4, -0.2) is 28.7 Å². The third-order valence-electron chi connectivity index (χ3n) is 3.51. The number of alkyl halides is 3. The van der Waals surface area contributed by atoms with E-state index < -0.39 is 17.8 Å². The quantitative estimate of drug-likeness (QED) is 0.756. The Hall–Kier alpha value is -0.780. The molecule has 1 N–H and O–H groups in total. The second kappa shape index (κ2) is 6.11. The van der Waals surface area contributed by atoms with Crippen LogP contribution in [0, 0.1) is 0 Å². The van der Waals surface area contributed by atoms with Gasteiger partial charge in [0.25, 0.3) is 0 Å². The van der Waals surface area contributed by atoms with Gasteiger partial charge in [-0.25, -0.2) is 5.01 Å². The first-order valence-electron chi connectivity index (χ1n) is 6.84. The number of unbranched alkanes of at least 4 members (excludes halogenated alkanes) is 3. The number of nitrogens with zero attached hydrogens (tertiary/aromatic N) is 1. The third-order valence-corrected chi connectivity index (χ3v) is 3.51. The van der Waals surface area contributed by atoms with Crippen LogP contribution in [0.25, 0.3) is 0 Å². The number of carbonyl (C=O) groups is 1. The van der Waals surface area contributed by atoms with Crippen molar-refractivity contribution in [2.24, 2.45) is 0 Å². The lowest BCUT2D eigenvalue weighted by Gasteiger charge is -2.37. The molecule has 1 aliphatic rings. The lowest BCUT2D eigenvalue weighted by Crippen LogP contribution is -2.56. The number of hydrogen-bond donors (Lipinski definition) is 1. The molecular weight excluding hydrogens is 257 g/mol. The Kier molecular flexibility index (Phi) is 5.24. The van der Waals surface area contributed by atoms with Crippen LogP contribution in [0.5, 0.6) is 0 Å². The average Bonchev–Trinajstić information content (AvgIpc) is 2.50. The molecule has 0 aromatic carbocycles. The van der Waals surface area contributed by atoms with Gasteiger partial charge in [0.2, 0.25) is 5.91 Å². The summed E-state index contributed by atoms with van der Waals surface area (Å²) in [5.74, 6) is -0.340. The molecule has 1 atom stereocenters. The number of halogens is 3. The minimum atomic E-state index is -4.32. The number of carbonyl (C=O) groups excluding carboxylic acids is 1. The highest BCUT2D eigenvalue weighted by Gasteiger charge is 2.51. The molecule has 6 heteroatoms. The highest BCUT2D eigenvalue weighted by atomic mass is 19.4. The van der Waals surface area contributed by atoms with Crippen LogP contribution in [-0.2, 0) is 4.79 Å². The smallest absolute Gasteiger partial charge is 0.288 e. The first-order valence-corrected chi connectivity index (χ1v) is 6.84. The molecule has 1 heterocycles. The van der Waals surface area contributed by atoms with Gasteiger partial charge in [-0.1, -0.05) is 32.6 Å². The van der Waals surface area contributed by atoms with Gasteiger partial charge in [-0.15, -0.1) is 0 Å². The van der Waals surface area contributed by atoms with E-state index in [9.17, 15) is 18.0 Å². The van der Waals surface area contributed by atoms with E-state index in [0.29, 0.717) is 6.42 Å². The van der Waals surface area contributed by atoms with Gasteiger partial charge >= 0.3 is 6.18 Å². The van der Waals surface area contributed by atoms with E-state index >= 15 is 0 Å². The van der Waals surface area contributed by atoms with Crippen molar-refractivity contribution in [2.75, 3.05) is 0 Å². The average molecular weight is 280 g/mol. The number of amides is 1. The van der Waals surface area contributed by atoms with E-state index in [4.69, 9.17) is 0 Å². The molecule has 1 amide bonds. The standard InChI is InChI=1S/C13H23F3N2O/c1-4-5-6-7-8-10(13(14,15)16)18-12(2,3)9-11(19)17-18/h10H,4-9H2,1-3H3,(H,17,19). The van der Waals surface area contributed by atoms with Crippen molar-refractivity contribution in [2.45, 2.75) is 77.1 Å². The number of nitrogens with one attached hydrogen (secondary N) is 1. The molecule has 1 fully saturated rings. The number of hydrazine groups is 1. The van der Waals surface area contributed by atoms with Crippen molar-refractivity contribution in [3.05, 3.63) is 0 Å². The Morgan fingerprint density at radius 1 is 1.32 bits per heavy atom. The lowest BCUT2D eigenvalue weighted by molar-refractivity contribution is -0.202. The second-order valence-electron chi connectivity index (χ2n) is 5.80. The van der Waals surface area contributed by atoms with Gasteiger partial charge in [0.1, 0.15) is 6.04 Å². The monoisotopic (exact) mass is 280 g/mol. The van der Waals surface area contributed by atoms with Crippen LogP contribution in [0.3, 0.4) is 0 Å². The molecule has 0 aromatic heterocycles. The van der Waals surface area contributed by atoms with E-state index in [0.717, 1.165) is 24.3 Å². The Morgan fingerprint density at radius 3 is 2.37 bits per heavy atom. The summed E-state index contributed by atoms with van der Waals surface area (Å²) >= 11 is 0. The third kappa shape index (κ3) is 4.37. The van der Waals surface area contributed by atoms with Gasteiger partial charge in [0, 0.05) is 12.0 Å². The molecule has 1 saturated heterocycles. The van der Waals surface area contributed by atoms with Gasteiger partial charge in [0.05, 0.1) is 0 Å². The predicted molar refractivity (Wildman–Crippen MR) is 67.3 cm³/mol. The molecule has 112 valence electrons. The van der Waals surface area contributed by atoms with Crippen LogP contribution in [0.1, 0.15) is 59.3 Å². The SMILES string of the molecule is CCCCCCC(N1NC(=O)CC1(C)C)C(F)(F)F. The molecule has 1 rings (SSSR count). The first-order chi connectivity index (χ1) is 8.68. The normalized spacial score (nSPS) is 21.5. The summed E-state index contributed by atoms with van der Waals surface area (Å²) in [4.78, 5) is 11.4. The zero-order valence-corrected chi connectivity index (χ0v) is 11.8. The topological polar surface area (TPSA) is 32.3 Å². The summed E-state index contributed by atoms with van der Waals surface area (Å²) in [6.45, 7) is 5.34. The molecular formula is C13H23F3N2O. The molecule has 1 aliphatic heterocycles. The molecule has 0 saturated carbocycles. The summed E-state index contributed by atoms with van der Waals surface area (Å²) in [6.07, 6.45) is -0.919. The molecule has 0 radical (unpaired) electrons. The minimum Gasteiger partial charge on any atom is -0.288 e. The Morgan fingerprint density at radius 2 is 1.95 bits per heavy atom. The van der Waals surface area contributed by atoms with Crippen molar-refractivity contribution in [1.82, 2.24) is 10.4 Å². The number of rotatable bonds is 6. The van der Waals surface area contributed by atoms with Crippen LogP contribution in [0.2, 0.25) is 0 Å². The maximum absolute atomic E-state index is 13.2. The molecule has 1 unspecified atom stereocenters. The van der Waals surface area contributed by atoms with E-state index in [1.165, 1.54) is 0 Å². The molecule has 0 aliphatic carbocycles. The summed E-state index contributed by atoms with van der Waals surface area (Å²) in [5, 5.41) is 1.10. The van der Waals surface area contributed by atoms with Crippen molar-refractivity contribution in [1.29, 1.82) is 0 Å². The predicted octanol–water partition coefficient (Wildman–Crippen LogP) is 3.40. The van der Waals surface area contributed by atoms with Gasteiger partial charge in [-0.3, -0.25) is 10.2 Å². The summed E-state index contributed by atoms with van der Waals surface area (Å²) in [5.41, 5.74) is 1.58. The summed E-state index contributed by atoms with van der Waals surface area (Å²) in [6, 6.07) is -1.59. The van der Waals surface area contributed by atoms with Crippen LogP contribution >= 0.6 is 0 Å². The van der Waals surface area contributed by atoms with Crippen molar-refractivity contribution < 1.29 is 18.0 Å². The van der Waals surface area contributed by atoms with E-state index in [1.807, 2.05) is 6.92 Å². The molecule has 0 spiro atoms. The maximum Gasteiger partial charge on any atom is 0.405 e. The second-order valence-corrected chi connectivity index (χ2v) is 5.80. The van der Waals surface area contributed by atoms with Crippen LogP contribution < -0.4 is 5.43 Å². The lowest BCUT2D eigenvalue weighted by atomic mass is 9.97. The Bertz CT molecular complexity index is 316. The van der Waals surface area contributed by atoms with E-state index in [2.05, 4.69) is 5.43 Å². The van der Waals surface area contributed by atoms with Crippen molar-refractivity contribution in [3.8, 4) is 0 Å². The van der Waals surface area contributed by atoms with Crippen molar-refractivity contribution in [3.63, 3.8) is 0 Å². The highest BCUT2D eigenvalue weighted by molar-refractivity contribution is 5.78. The fourth-order valence-electron chi connectivity index (χ4n) is 2.51. The maximum atomic E-state index is 13.2. The highest BCUT2D eigenvalue weighted by Crippen LogP contribution is 2.35. The van der Waals surface area contributed by atoms with E-state index in [1.54, 1.807) is 13.8 Å². The van der Waals surface area contributed by atoms with Crippen LogP contribution in [0.15, 0.2) is 0 Å². The van der Waals surface area contributed by atoms with Gasteiger partial charge < -0.3 is 0 Å². The van der Waals surface area contributed by atoms with Gasteiger partial charge in [0.15, 0.2) is 0 Å². The largest absolute Gasteiger partial charge is 0.405 e. The summed E-state index contributed by atoms with van der Waals surface area (Å²) in [7, 11) is 0. The molecule has 0 bridgehead atoms. The summed E-state index contributed by atoms with van der Waals surface area (Å²) < 4.78 is 39.5. The fourth-order valence-corrected chi connectivity index (χ4v) is 2.51. The minimum absolute atomic E-state index is 0.0349. The molecule has 0 aromatic rings. The van der Waals surface area contributed by atoms with Gasteiger partial charge in [-0.2, -0.15) is 13.2 Å². The Balaban J connectivity index is 2.72. The number of hydrogen-bond acceptors (Lipinski definition) is 2. The fraction of sp³-hybridized carbons (Fsp3) is 0.923. The first kappa shape index (κ1) is 16.3. The zero-order chi connectivity index (χ0) is 14.7. The van der Waals surface area contributed by atoms with Crippen LogP contribution in [0.4, 0.5) is 13.2 Å². The Labute approximate surface area is 112 Å². The van der Waals surface area contributed by atoms with Crippen molar-refractivity contribution >= 4 is 5.91 Å². The van der Waals surface area contributed by atoms with E-state index in [-0.39, 0.29) is 18.7 Å². The van der Waals surface area contributed by atoms with Gasteiger partial charge in [-0.05, 0) is 20.3 Å². The molecule has 19 heavy (non-hydrogen) atoms. The zero-order valence-electron chi connectivity index (χ0n) is 11.8. The molecule has 3 nitrogen and oxygen atoms in total.